The standard InChI is InChI=1S/C10H17NO2/c1-5-7-11(8-6-2)13-10(12)9(3)4/h5-6,9H,1-2,7-8H2,3-4H3. The monoisotopic (exact) mass is 183 g/mol. The van der Waals surface area contributed by atoms with Gasteiger partial charge in [-0.05, 0) is 0 Å². The Morgan fingerprint density at radius 3 is 2.15 bits per heavy atom. The Balaban J connectivity index is 3.99. The zero-order chi connectivity index (χ0) is 10.3. The molecule has 0 unspecified atom stereocenters. The average molecular weight is 183 g/mol. The van der Waals surface area contributed by atoms with Crippen LogP contribution in [0, 0.1) is 5.92 Å². The molecule has 0 N–H and O–H groups in total. The molecule has 13 heavy (non-hydrogen) atoms. The van der Waals surface area contributed by atoms with Gasteiger partial charge in [-0.2, -0.15) is 0 Å². The molecule has 0 heterocycles. The summed E-state index contributed by atoms with van der Waals surface area (Å²) in [6.45, 7) is 11.8. The van der Waals surface area contributed by atoms with E-state index >= 15 is 0 Å². The summed E-state index contributed by atoms with van der Waals surface area (Å²) in [5, 5.41) is 1.52. The number of nitrogens with zero attached hydrogens (tertiary/aromatic N) is 1. The lowest BCUT2D eigenvalue weighted by Crippen LogP contribution is -2.29. The number of hydrogen-bond donors (Lipinski definition) is 0. The molecule has 0 saturated heterocycles. The van der Waals surface area contributed by atoms with Gasteiger partial charge in [0.25, 0.3) is 0 Å². The minimum atomic E-state index is -0.233. The summed E-state index contributed by atoms with van der Waals surface area (Å²) in [4.78, 5) is 16.2. The van der Waals surface area contributed by atoms with Crippen molar-refractivity contribution in [2.24, 2.45) is 5.92 Å². The van der Waals surface area contributed by atoms with Crippen LogP contribution in [-0.4, -0.2) is 24.1 Å². The predicted molar refractivity (Wildman–Crippen MR) is 52.9 cm³/mol. The van der Waals surface area contributed by atoms with Crippen LogP contribution >= 0.6 is 0 Å². The third-order valence-electron chi connectivity index (χ3n) is 1.36. The van der Waals surface area contributed by atoms with Gasteiger partial charge in [0.05, 0.1) is 19.0 Å². The van der Waals surface area contributed by atoms with Gasteiger partial charge in [-0.1, -0.05) is 26.0 Å². The van der Waals surface area contributed by atoms with Crippen LogP contribution in [0.1, 0.15) is 13.8 Å². The molecule has 0 amide bonds. The number of rotatable bonds is 6. The van der Waals surface area contributed by atoms with E-state index in [0.29, 0.717) is 13.1 Å². The van der Waals surface area contributed by atoms with E-state index in [0.717, 1.165) is 0 Å². The summed E-state index contributed by atoms with van der Waals surface area (Å²) in [6.07, 6.45) is 3.36. The Morgan fingerprint density at radius 2 is 1.85 bits per heavy atom. The fraction of sp³-hybridized carbons (Fsp3) is 0.500. The largest absolute Gasteiger partial charge is 0.367 e. The highest BCUT2D eigenvalue weighted by molar-refractivity contribution is 5.71. The first-order valence-electron chi connectivity index (χ1n) is 4.30. The summed E-state index contributed by atoms with van der Waals surface area (Å²) in [6, 6.07) is 0. The molecule has 0 radical (unpaired) electrons. The molecular formula is C10H17NO2. The van der Waals surface area contributed by atoms with Crippen LogP contribution in [0.4, 0.5) is 0 Å². The lowest BCUT2D eigenvalue weighted by atomic mass is 10.2. The van der Waals surface area contributed by atoms with Crippen molar-refractivity contribution in [2.45, 2.75) is 13.8 Å². The molecule has 0 aromatic heterocycles. The SMILES string of the molecule is C=CCN(CC=C)OC(=O)C(C)C. The fourth-order valence-corrected chi connectivity index (χ4v) is 0.670. The molecule has 0 spiro atoms. The second kappa shape index (κ2) is 6.43. The first-order valence-corrected chi connectivity index (χ1v) is 4.30. The van der Waals surface area contributed by atoms with Crippen LogP contribution in [0.15, 0.2) is 25.3 Å². The van der Waals surface area contributed by atoms with E-state index < -0.39 is 0 Å². The van der Waals surface area contributed by atoms with Crippen molar-refractivity contribution in [3.8, 4) is 0 Å². The van der Waals surface area contributed by atoms with Crippen LogP contribution in [0.2, 0.25) is 0 Å². The summed E-state index contributed by atoms with van der Waals surface area (Å²) in [7, 11) is 0. The van der Waals surface area contributed by atoms with E-state index in [9.17, 15) is 4.79 Å². The maximum atomic E-state index is 11.2. The normalized spacial score (nSPS) is 10.2. The van der Waals surface area contributed by atoms with Crippen molar-refractivity contribution in [3.05, 3.63) is 25.3 Å². The Labute approximate surface area is 79.6 Å². The highest BCUT2D eigenvalue weighted by Crippen LogP contribution is 2.00. The van der Waals surface area contributed by atoms with Gasteiger partial charge in [-0.25, -0.2) is 0 Å². The molecule has 0 rings (SSSR count). The van der Waals surface area contributed by atoms with Gasteiger partial charge < -0.3 is 4.84 Å². The van der Waals surface area contributed by atoms with Crippen LogP contribution in [0.25, 0.3) is 0 Å². The van der Waals surface area contributed by atoms with Crippen molar-refractivity contribution in [1.29, 1.82) is 0 Å². The second-order valence-corrected chi connectivity index (χ2v) is 2.99. The van der Waals surface area contributed by atoms with Gasteiger partial charge in [0, 0.05) is 0 Å². The molecule has 3 heteroatoms. The van der Waals surface area contributed by atoms with Crippen molar-refractivity contribution in [1.82, 2.24) is 5.06 Å². The van der Waals surface area contributed by atoms with Crippen LogP contribution in [-0.2, 0) is 9.63 Å². The Kier molecular flexibility index (Phi) is 5.89. The first-order chi connectivity index (χ1) is 6.11. The predicted octanol–water partition coefficient (Wildman–Crippen LogP) is 1.77. The summed E-state index contributed by atoms with van der Waals surface area (Å²) in [5.41, 5.74) is 0. The lowest BCUT2D eigenvalue weighted by Gasteiger charge is -2.18. The number of hydrogen-bond acceptors (Lipinski definition) is 3. The smallest absolute Gasteiger partial charge is 0.327 e. The molecule has 0 aliphatic carbocycles. The summed E-state index contributed by atoms with van der Waals surface area (Å²) < 4.78 is 0. The minimum Gasteiger partial charge on any atom is -0.367 e. The molecule has 0 atom stereocenters. The highest BCUT2D eigenvalue weighted by atomic mass is 16.7. The zero-order valence-corrected chi connectivity index (χ0v) is 8.32. The van der Waals surface area contributed by atoms with Gasteiger partial charge >= 0.3 is 5.97 Å². The lowest BCUT2D eigenvalue weighted by molar-refractivity contribution is -0.189. The molecule has 0 aromatic rings. The van der Waals surface area contributed by atoms with Crippen LogP contribution in [0.3, 0.4) is 0 Å². The van der Waals surface area contributed by atoms with Crippen LogP contribution in [0.5, 0.6) is 0 Å². The molecule has 0 aliphatic rings. The van der Waals surface area contributed by atoms with Crippen molar-refractivity contribution in [3.63, 3.8) is 0 Å². The van der Waals surface area contributed by atoms with Crippen LogP contribution < -0.4 is 0 Å². The van der Waals surface area contributed by atoms with E-state index in [1.165, 1.54) is 5.06 Å². The molecule has 74 valence electrons. The quantitative estimate of drug-likeness (QED) is 0.464. The molecule has 0 bridgehead atoms. The maximum Gasteiger partial charge on any atom is 0.327 e. The van der Waals surface area contributed by atoms with Crippen molar-refractivity contribution >= 4 is 5.97 Å². The Morgan fingerprint density at radius 1 is 1.38 bits per heavy atom. The van der Waals surface area contributed by atoms with E-state index in [1.807, 2.05) is 0 Å². The number of carbonyl (C=O) groups is 1. The summed E-state index contributed by atoms with van der Waals surface area (Å²) in [5.74, 6) is -0.346. The molecule has 0 saturated carbocycles. The summed E-state index contributed by atoms with van der Waals surface area (Å²) >= 11 is 0. The van der Waals surface area contributed by atoms with E-state index in [4.69, 9.17) is 4.84 Å². The van der Waals surface area contributed by atoms with Crippen molar-refractivity contribution in [2.75, 3.05) is 13.1 Å². The number of hydroxylamine groups is 2. The maximum absolute atomic E-state index is 11.2. The van der Waals surface area contributed by atoms with E-state index in [-0.39, 0.29) is 11.9 Å². The van der Waals surface area contributed by atoms with Gasteiger partial charge in [0.15, 0.2) is 0 Å². The third-order valence-corrected chi connectivity index (χ3v) is 1.36. The molecule has 0 aromatic carbocycles. The van der Waals surface area contributed by atoms with E-state index in [1.54, 1.807) is 26.0 Å². The van der Waals surface area contributed by atoms with Gasteiger partial charge in [0.2, 0.25) is 0 Å². The Hall–Kier alpha value is -1.09. The topological polar surface area (TPSA) is 29.5 Å². The van der Waals surface area contributed by atoms with E-state index in [2.05, 4.69) is 13.2 Å². The second-order valence-electron chi connectivity index (χ2n) is 2.99. The molecule has 3 nitrogen and oxygen atoms in total. The molecular weight excluding hydrogens is 166 g/mol. The third kappa shape index (κ3) is 5.20. The fourth-order valence-electron chi connectivity index (χ4n) is 0.670. The zero-order valence-electron chi connectivity index (χ0n) is 8.32. The Bertz CT molecular complexity index is 177. The highest BCUT2D eigenvalue weighted by Gasteiger charge is 2.12. The van der Waals surface area contributed by atoms with Gasteiger partial charge in [-0.3, -0.25) is 4.79 Å². The average Bonchev–Trinajstić information content (AvgIpc) is 2.05. The van der Waals surface area contributed by atoms with Crippen molar-refractivity contribution < 1.29 is 9.63 Å². The molecule has 0 fully saturated rings. The van der Waals surface area contributed by atoms with Gasteiger partial charge in [-0.15, -0.1) is 18.2 Å². The molecule has 0 aliphatic heterocycles. The first kappa shape index (κ1) is 11.9. The van der Waals surface area contributed by atoms with Gasteiger partial charge in [0.1, 0.15) is 0 Å². The number of carbonyl (C=O) groups excluding carboxylic acids is 1. The minimum absolute atomic E-state index is 0.114.